The molecule has 0 amide bonds. The molecule has 0 aliphatic heterocycles. The molecule has 0 saturated heterocycles. The van der Waals surface area contributed by atoms with E-state index in [2.05, 4.69) is 15.3 Å². The Labute approximate surface area is 140 Å². The molecule has 1 N–H and O–H groups in total. The highest BCUT2D eigenvalue weighted by Gasteiger charge is 2.05. The van der Waals surface area contributed by atoms with E-state index in [1.54, 1.807) is 24.5 Å². The Morgan fingerprint density at radius 1 is 1.08 bits per heavy atom. The highest BCUT2D eigenvalue weighted by atomic mass is 16.5. The van der Waals surface area contributed by atoms with Crippen molar-refractivity contribution in [3.63, 3.8) is 0 Å². The third-order valence-electron chi connectivity index (χ3n) is 3.56. The van der Waals surface area contributed by atoms with Crippen LogP contribution in [0.5, 0.6) is 0 Å². The van der Waals surface area contributed by atoms with Gasteiger partial charge in [0.15, 0.2) is 0 Å². The molecule has 0 radical (unpaired) electrons. The van der Waals surface area contributed by atoms with Gasteiger partial charge < -0.3 is 10.1 Å². The number of hydrogen-bond acceptors (Lipinski definition) is 5. The number of hydrogen-bond donors (Lipinski definition) is 1. The van der Waals surface area contributed by atoms with Gasteiger partial charge in [0, 0.05) is 24.5 Å². The number of nitrogens with zero attached hydrogens (tertiary/aromatic N) is 2. The van der Waals surface area contributed by atoms with Crippen LogP contribution < -0.4 is 5.32 Å². The maximum Gasteiger partial charge on any atom is 0.337 e. The van der Waals surface area contributed by atoms with Crippen molar-refractivity contribution in [2.45, 2.75) is 6.54 Å². The van der Waals surface area contributed by atoms with Gasteiger partial charge in [-0.15, -0.1) is 0 Å². The summed E-state index contributed by atoms with van der Waals surface area (Å²) in [6.07, 6.45) is 3.53. The lowest BCUT2D eigenvalue weighted by Gasteiger charge is -2.08. The Kier molecular flexibility index (Phi) is 4.81. The predicted molar refractivity (Wildman–Crippen MR) is 92.6 cm³/mol. The van der Waals surface area contributed by atoms with Crippen molar-refractivity contribution in [1.82, 2.24) is 9.97 Å². The quantitative estimate of drug-likeness (QED) is 0.729. The molecule has 0 atom stereocenters. The number of carbonyl (C=O) groups excluding carboxylic acids is 1. The van der Waals surface area contributed by atoms with Crippen molar-refractivity contribution >= 4 is 11.8 Å². The summed E-state index contributed by atoms with van der Waals surface area (Å²) < 4.78 is 4.69. The first-order valence-electron chi connectivity index (χ1n) is 7.55. The van der Waals surface area contributed by atoms with Crippen LogP contribution in [-0.2, 0) is 11.3 Å². The molecular weight excluding hydrogens is 302 g/mol. The number of aromatic nitrogens is 2. The van der Waals surface area contributed by atoms with Crippen LogP contribution in [0.3, 0.4) is 0 Å². The molecule has 3 aromatic rings. The van der Waals surface area contributed by atoms with Gasteiger partial charge in [-0.25, -0.2) is 9.78 Å². The largest absolute Gasteiger partial charge is 0.465 e. The number of nitrogens with one attached hydrogen (secondary N) is 1. The number of rotatable bonds is 5. The van der Waals surface area contributed by atoms with E-state index in [9.17, 15) is 4.79 Å². The van der Waals surface area contributed by atoms with Gasteiger partial charge in [-0.1, -0.05) is 18.2 Å². The minimum atomic E-state index is -0.333. The summed E-state index contributed by atoms with van der Waals surface area (Å²) in [6.45, 7) is 0.616. The molecule has 0 bridgehead atoms. The molecule has 2 heterocycles. The number of esters is 1. The molecular formula is C19H17N3O2. The summed E-state index contributed by atoms with van der Waals surface area (Å²) in [5, 5.41) is 3.29. The molecule has 0 spiro atoms. The molecule has 5 heteroatoms. The molecule has 1 aromatic carbocycles. The van der Waals surface area contributed by atoms with E-state index < -0.39 is 0 Å². The van der Waals surface area contributed by atoms with Crippen LogP contribution in [0.25, 0.3) is 11.3 Å². The van der Waals surface area contributed by atoms with Gasteiger partial charge in [0.2, 0.25) is 0 Å². The van der Waals surface area contributed by atoms with E-state index >= 15 is 0 Å². The van der Waals surface area contributed by atoms with E-state index in [1.807, 2.05) is 42.5 Å². The van der Waals surface area contributed by atoms with Crippen molar-refractivity contribution < 1.29 is 9.53 Å². The zero-order valence-electron chi connectivity index (χ0n) is 13.3. The lowest BCUT2D eigenvalue weighted by atomic mass is 10.1. The fourth-order valence-electron chi connectivity index (χ4n) is 2.28. The van der Waals surface area contributed by atoms with Crippen molar-refractivity contribution in [3.05, 3.63) is 78.1 Å². The van der Waals surface area contributed by atoms with Gasteiger partial charge in [-0.2, -0.15) is 0 Å². The van der Waals surface area contributed by atoms with E-state index in [4.69, 9.17) is 4.74 Å². The molecule has 3 rings (SSSR count). The van der Waals surface area contributed by atoms with Crippen LogP contribution in [0, 0.1) is 0 Å². The van der Waals surface area contributed by atoms with Crippen LogP contribution in [-0.4, -0.2) is 23.0 Å². The van der Waals surface area contributed by atoms with Crippen molar-refractivity contribution in [3.8, 4) is 11.3 Å². The number of anilines is 1. The molecule has 0 saturated carbocycles. The summed E-state index contributed by atoms with van der Waals surface area (Å²) in [6, 6.07) is 17.0. The zero-order valence-corrected chi connectivity index (χ0v) is 13.3. The van der Waals surface area contributed by atoms with Gasteiger partial charge in [0.25, 0.3) is 0 Å². The summed E-state index contributed by atoms with van der Waals surface area (Å²) in [5.41, 5.74) is 3.44. The summed E-state index contributed by atoms with van der Waals surface area (Å²) in [7, 11) is 1.37. The molecule has 0 fully saturated rings. The highest BCUT2D eigenvalue weighted by Crippen LogP contribution is 2.18. The normalized spacial score (nSPS) is 10.2. The maximum atomic E-state index is 11.4. The average Bonchev–Trinajstić information content (AvgIpc) is 2.67. The molecule has 0 aliphatic carbocycles. The van der Waals surface area contributed by atoms with Crippen LogP contribution in [0.4, 0.5) is 5.82 Å². The Morgan fingerprint density at radius 3 is 2.62 bits per heavy atom. The summed E-state index contributed by atoms with van der Waals surface area (Å²) in [5.74, 6) is 0.453. The number of benzene rings is 1. The van der Waals surface area contributed by atoms with Gasteiger partial charge in [0.05, 0.1) is 18.4 Å². The molecule has 5 nitrogen and oxygen atoms in total. The Bertz CT molecular complexity index is 818. The molecule has 2 aromatic heterocycles. The van der Waals surface area contributed by atoms with E-state index in [-0.39, 0.29) is 5.97 Å². The summed E-state index contributed by atoms with van der Waals surface area (Å²) >= 11 is 0. The second kappa shape index (κ2) is 7.37. The van der Waals surface area contributed by atoms with Gasteiger partial charge >= 0.3 is 5.97 Å². The topological polar surface area (TPSA) is 64.1 Å². The monoisotopic (exact) mass is 319 g/mol. The average molecular weight is 319 g/mol. The van der Waals surface area contributed by atoms with Gasteiger partial charge in [-0.05, 0) is 42.0 Å². The number of ether oxygens (including phenoxy) is 1. The second-order valence-electron chi connectivity index (χ2n) is 5.19. The van der Waals surface area contributed by atoms with Crippen LogP contribution >= 0.6 is 0 Å². The summed E-state index contributed by atoms with van der Waals surface area (Å²) in [4.78, 5) is 20.1. The standard InChI is InChI=1S/C19H17N3O2/c1-24-19(23)15-9-7-14(8-10-15)12-21-18-6-2-5-17(22-18)16-4-3-11-20-13-16/h2-11,13H,12H2,1H3,(H,21,22). The van der Waals surface area contributed by atoms with E-state index in [0.717, 1.165) is 22.6 Å². The van der Waals surface area contributed by atoms with Crippen LogP contribution in [0.15, 0.2) is 67.0 Å². The first-order valence-corrected chi connectivity index (χ1v) is 7.55. The first kappa shape index (κ1) is 15.7. The maximum absolute atomic E-state index is 11.4. The predicted octanol–water partition coefficient (Wildman–Crippen LogP) is 3.54. The number of methoxy groups -OCH3 is 1. The van der Waals surface area contributed by atoms with Gasteiger partial charge in [-0.3, -0.25) is 4.98 Å². The molecule has 120 valence electrons. The first-order chi connectivity index (χ1) is 11.8. The van der Waals surface area contributed by atoms with E-state index in [1.165, 1.54) is 7.11 Å². The fraction of sp³-hybridized carbons (Fsp3) is 0.105. The Hall–Kier alpha value is -3.21. The van der Waals surface area contributed by atoms with Crippen LogP contribution in [0.2, 0.25) is 0 Å². The fourth-order valence-corrected chi connectivity index (χ4v) is 2.28. The van der Waals surface area contributed by atoms with Crippen molar-refractivity contribution in [2.24, 2.45) is 0 Å². The molecule has 0 aliphatic rings. The van der Waals surface area contributed by atoms with Crippen molar-refractivity contribution in [2.75, 3.05) is 12.4 Å². The minimum absolute atomic E-state index is 0.333. The Morgan fingerprint density at radius 2 is 1.92 bits per heavy atom. The second-order valence-corrected chi connectivity index (χ2v) is 5.19. The third-order valence-corrected chi connectivity index (χ3v) is 3.56. The SMILES string of the molecule is COC(=O)c1ccc(CNc2cccc(-c3cccnc3)n2)cc1. The zero-order chi connectivity index (χ0) is 16.8. The van der Waals surface area contributed by atoms with Crippen LogP contribution in [0.1, 0.15) is 15.9 Å². The van der Waals surface area contributed by atoms with Crippen molar-refractivity contribution in [1.29, 1.82) is 0 Å². The molecule has 0 unspecified atom stereocenters. The number of pyridine rings is 2. The lowest BCUT2D eigenvalue weighted by molar-refractivity contribution is 0.0600. The van der Waals surface area contributed by atoms with E-state index in [0.29, 0.717) is 12.1 Å². The lowest BCUT2D eigenvalue weighted by Crippen LogP contribution is -2.04. The number of carbonyl (C=O) groups is 1. The third kappa shape index (κ3) is 3.76. The smallest absolute Gasteiger partial charge is 0.337 e. The minimum Gasteiger partial charge on any atom is -0.465 e. The Balaban J connectivity index is 1.68. The highest BCUT2D eigenvalue weighted by molar-refractivity contribution is 5.89. The molecule has 24 heavy (non-hydrogen) atoms. The van der Waals surface area contributed by atoms with Gasteiger partial charge in [0.1, 0.15) is 5.82 Å².